The van der Waals surface area contributed by atoms with Crippen LogP contribution in [0.15, 0.2) is 48.5 Å². The lowest BCUT2D eigenvalue weighted by Gasteiger charge is -1.97. The van der Waals surface area contributed by atoms with E-state index in [1.807, 2.05) is 18.2 Å². The maximum Gasteiger partial charge on any atom is 0.239 e. The fourth-order valence-electron chi connectivity index (χ4n) is 1.39. The van der Waals surface area contributed by atoms with Crippen molar-refractivity contribution in [3.05, 3.63) is 70.5 Å². The highest BCUT2D eigenvalue weighted by atomic mass is 35.5. The molecule has 0 aliphatic carbocycles. The average molecular weight is 259 g/mol. The largest absolute Gasteiger partial charge is 0.279 e. The molecule has 0 aliphatic rings. The molecule has 0 heterocycles. The first-order valence-corrected chi connectivity index (χ1v) is 5.61. The maximum absolute atomic E-state index is 13.5. The molecule has 0 fully saturated rings. The molecule has 0 unspecified atom stereocenters. The molecular formula is C15H8ClFO. The highest BCUT2D eigenvalue weighted by molar-refractivity contribution is 6.30. The van der Waals surface area contributed by atoms with E-state index in [-0.39, 0.29) is 10.6 Å². The van der Waals surface area contributed by atoms with Gasteiger partial charge < -0.3 is 0 Å². The van der Waals surface area contributed by atoms with Crippen LogP contribution in [0.1, 0.15) is 15.9 Å². The van der Waals surface area contributed by atoms with Gasteiger partial charge >= 0.3 is 0 Å². The summed E-state index contributed by atoms with van der Waals surface area (Å²) in [6, 6.07) is 12.9. The van der Waals surface area contributed by atoms with Gasteiger partial charge in [-0.05, 0) is 36.3 Å². The summed E-state index contributed by atoms with van der Waals surface area (Å²) < 4.78 is 13.5. The average Bonchev–Trinajstić information content (AvgIpc) is 2.37. The van der Waals surface area contributed by atoms with Crippen LogP contribution in [0, 0.1) is 17.7 Å². The van der Waals surface area contributed by atoms with Crippen molar-refractivity contribution in [1.82, 2.24) is 0 Å². The predicted octanol–water partition coefficient (Wildman–Crippen LogP) is 3.71. The van der Waals surface area contributed by atoms with Gasteiger partial charge in [0.2, 0.25) is 5.78 Å². The van der Waals surface area contributed by atoms with E-state index >= 15 is 0 Å². The van der Waals surface area contributed by atoms with Crippen LogP contribution in [0.3, 0.4) is 0 Å². The molecule has 3 heteroatoms. The van der Waals surface area contributed by atoms with Crippen molar-refractivity contribution in [2.45, 2.75) is 0 Å². The van der Waals surface area contributed by atoms with Gasteiger partial charge in [-0.1, -0.05) is 35.7 Å². The lowest BCUT2D eigenvalue weighted by Crippen LogP contribution is -1.99. The second-order valence-electron chi connectivity index (χ2n) is 3.57. The van der Waals surface area contributed by atoms with E-state index in [1.54, 1.807) is 12.1 Å². The second kappa shape index (κ2) is 5.48. The summed E-state index contributed by atoms with van der Waals surface area (Å²) in [6.45, 7) is 0. The molecule has 0 aliphatic heterocycles. The van der Waals surface area contributed by atoms with Gasteiger partial charge in [0.05, 0.1) is 5.56 Å². The minimum absolute atomic E-state index is 0.0668. The number of Topliss-reactive ketones (excluding diaryl/α,β-unsaturated/α-hetero) is 1. The smallest absolute Gasteiger partial charge is 0.239 e. The quantitative estimate of drug-likeness (QED) is 0.563. The Bertz CT molecular complexity index is 639. The Morgan fingerprint density at radius 1 is 1.11 bits per heavy atom. The molecule has 0 bridgehead atoms. The molecule has 1 nitrogen and oxygen atoms in total. The number of hydrogen-bond donors (Lipinski definition) is 0. The molecule has 0 saturated heterocycles. The van der Waals surface area contributed by atoms with Crippen molar-refractivity contribution in [1.29, 1.82) is 0 Å². The summed E-state index contributed by atoms with van der Waals surface area (Å²) in [5, 5.41) is 0.250. The third-order valence-corrected chi connectivity index (χ3v) is 2.51. The molecule has 2 rings (SSSR count). The Morgan fingerprint density at radius 3 is 2.50 bits per heavy atom. The lowest BCUT2D eigenvalue weighted by molar-refractivity contribution is 0.105. The summed E-state index contributed by atoms with van der Waals surface area (Å²) in [7, 11) is 0. The SMILES string of the molecule is O=C(C#Cc1ccccc1)c1ccc(Cl)cc1F. The van der Waals surface area contributed by atoms with E-state index < -0.39 is 11.6 Å². The van der Waals surface area contributed by atoms with Crippen LogP contribution in [-0.4, -0.2) is 5.78 Å². The zero-order chi connectivity index (χ0) is 13.0. The fourth-order valence-corrected chi connectivity index (χ4v) is 1.55. The Kier molecular flexibility index (Phi) is 3.76. The molecule has 18 heavy (non-hydrogen) atoms. The molecular weight excluding hydrogens is 251 g/mol. The molecule has 0 aromatic heterocycles. The van der Waals surface area contributed by atoms with Gasteiger partial charge in [0, 0.05) is 10.6 Å². The van der Waals surface area contributed by atoms with E-state index in [0.29, 0.717) is 5.56 Å². The number of halogens is 2. The maximum atomic E-state index is 13.5. The van der Waals surface area contributed by atoms with Crippen molar-refractivity contribution in [3.63, 3.8) is 0 Å². The number of carbonyl (C=O) groups excluding carboxylic acids is 1. The monoisotopic (exact) mass is 258 g/mol. The number of ketones is 1. The van der Waals surface area contributed by atoms with Gasteiger partial charge in [-0.25, -0.2) is 4.39 Å². The molecule has 0 saturated carbocycles. The molecule has 0 spiro atoms. The van der Waals surface area contributed by atoms with E-state index in [2.05, 4.69) is 11.8 Å². The van der Waals surface area contributed by atoms with Crippen LogP contribution in [0.25, 0.3) is 0 Å². The van der Waals surface area contributed by atoms with Crippen LogP contribution in [0.4, 0.5) is 4.39 Å². The van der Waals surface area contributed by atoms with Gasteiger partial charge in [0.1, 0.15) is 5.82 Å². The zero-order valence-electron chi connectivity index (χ0n) is 9.28. The molecule has 0 radical (unpaired) electrons. The highest BCUT2D eigenvalue weighted by Crippen LogP contribution is 2.14. The lowest BCUT2D eigenvalue weighted by atomic mass is 10.1. The normalized spacial score (nSPS) is 9.44. The summed E-state index contributed by atoms with van der Waals surface area (Å²) >= 11 is 5.61. The van der Waals surface area contributed by atoms with E-state index in [0.717, 1.165) is 6.07 Å². The van der Waals surface area contributed by atoms with Gasteiger partial charge in [0.15, 0.2) is 0 Å². The highest BCUT2D eigenvalue weighted by Gasteiger charge is 2.09. The second-order valence-corrected chi connectivity index (χ2v) is 4.01. The summed E-state index contributed by atoms with van der Waals surface area (Å²) in [5.74, 6) is 3.87. The molecule has 0 N–H and O–H groups in total. The Hall–Kier alpha value is -2.11. The van der Waals surface area contributed by atoms with Crippen molar-refractivity contribution in [2.24, 2.45) is 0 Å². The van der Waals surface area contributed by atoms with Crippen molar-refractivity contribution < 1.29 is 9.18 Å². The van der Waals surface area contributed by atoms with Gasteiger partial charge in [-0.2, -0.15) is 0 Å². The van der Waals surface area contributed by atoms with Crippen LogP contribution in [0.5, 0.6) is 0 Å². The minimum Gasteiger partial charge on any atom is -0.279 e. The Balaban J connectivity index is 2.26. The Morgan fingerprint density at radius 2 is 1.83 bits per heavy atom. The summed E-state index contributed by atoms with van der Waals surface area (Å²) in [5.41, 5.74) is 0.642. The predicted molar refractivity (Wildman–Crippen MR) is 69.1 cm³/mol. The number of rotatable bonds is 1. The van der Waals surface area contributed by atoms with Crippen LogP contribution < -0.4 is 0 Å². The summed E-state index contributed by atoms with van der Waals surface area (Å²) in [6.07, 6.45) is 0. The standard InChI is InChI=1S/C15H8ClFO/c16-12-7-8-13(14(17)10-12)15(18)9-6-11-4-2-1-3-5-11/h1-5,7-8,10H. The minimum atomic E-state index is -0.658. The molecule has 2 aromatic rings. The zero-order valence-corrected chi connectivity index (χ0v) is 10.0. The van der Waals surface area contributed by atoms with Gasteiger partial charge in [-0.15, -0.1) is 0 Å². The molecule has 2 aromatic carbocycles. The number of carbonyl (C=O) groups is 1. The van der Waals surface area contributed by atoms with Gasteiger partial charge in [-0.3, -0.25) is 4.79 Å². The molecule has 0 amide bonds. The van der Waals surface area contributed by atoms with E-state index in [9.17, 15) is 9.18 Å². The first kappa shape index (κ1) is 12.3. The number of hydrogen-bond acceptors (Lipinski definition) is 1. The van der Waals surface area contributed by atoms with Crippen molar-refractivity contribution in [2.75, 3.05) is 0 Å². The first-order valence-electron chi connectivity index (χ1n) is 5.23. The van der Waals surface area contributed by atoms with Gasteiger partial charge in [0.25, 0.3) is 0 Å². The van der Waals surface area contributed by atoms with Crippen molar-refractivity contribution >= 4 is 17.4 Å². The molecule has 0 atom stereocenters. The summed E-state index contributed by atoms with van der Waals surface area (Å²) in [4.78, 5) is 11.7. The fraction of sp³-hybridized carbons (Fsp3) is 0. The van der Waals surface area contributed by atoms with Crippen molar-refractivity contribution in [3.8, 4) is 11.8 Å². The number of benzene rings is 2. The topological polar surface area (TPSA) is 17.1 Å². The van der Waals surface area contributed by atoms with Crippen LogP contribution >= 0.6 is 11.6 Å². The third-order valence-electron chi connectivity index (χ3n) is 2.27. The van der Waals surface area contributed by atoms with E-state index in [4.69, 9.17) is 11.6 Å². The van der Waals surface area contributed by atoms with Crippen LogP contribution in [0.2, 0.25) is 5.02 Å². The Labute approximate surface area is 109 Å². The first-order chi connectivity index (χ1) is 8.66. The third kappa shape index (κ3) is 2.97. The molecule has 88 valence electrons. The van der Waals surface area contributed by atoms with Crippen LogP contribution in [-0.2, 0) is 0 Å². The van der Waals surface area contributed by atoms with E-state index in [1.165, 1.54) is 12.1 Å².